The van der Waals surface area contributed by atoms with E-state index in [1.807, 2.05) is 49.4 Å². The number of nitrogens with zero attached hydrogens (tertiary/aromatic N) is 1. The molecule has 0 radical (unpaired) electrons. The number of carbonyl (C=O) groups is 1. The summed E-state index contributed by atoms with van der Waals surface area (Å²) < 4.78 is 11.6. The number of hydrogen-bond donors (Lipinski definition) is 1. The summed E-state index contributed by atoms with van der Waals surface area (Å²) in [4.78, 5) is 11.7. The molecule has 1 N–H and O–H groups in total. The molecule has 0 aromatic heterocycles. The summed E-state index contributed by atoms with van der Waals surface area (Å²) in [6, 6.07) is 13.0. The standard InChI is InChI=1S/C17H17BrN2O3/c1-12-5-3-4-6-15(12)23-11-17(21)20-19-10-13-9-14(18)7-8-16(13)22-2/h3-10H,11H2,1-2H3,(H,20,21). The van der Waals surface area contributed by atoms with Gasteiger partial charge in [-0.05, 0) is 36.8 Å². The highest BCUT2D eigenvalue weighted by Crippen LogP contribution is 2.21. The minimum atomic E-state index is -0.335. The average molecular weight is 377 g/mol. The van der Waals surface area contributed by atoms with Gasteiger partial charge in [0.15, 0.2) is 6.61 Å². The molecule has 120 valence electrons. The van der Waals surface area contributed by atoms with Crippen LogP contribution in [0.1, 0.15) is 11.1 Å². The van der Waals surface area contributed by atoms with Gasteiger partial charge >= 0.3 is 0 Å². The fraction of sp³-hybridized carbons (Fsp3) is 0.176. The smallest absolute Gasteiger partial charge is 0.277 e. The van der Waals surface area contributed by atoms with Crippen molar-refractivity contribution in [2.24, 2.45) is 5.10 Å². The van der Waals surface area contributed by atoms with Crippen LogP contribution in [0.15, 0.2) is 52.0 Å². The number of nitrogens with one attached hydrogen (secondary N) is 1. The van der Waals surface area contributed by atoms with Crippen LogP contribution in [0.4, 0.5) is 0 Å². The molecule has 0 atom stereocenters. The van der Waals surface area contributed by atoms with Crippen LogP contribution in [0.25, 0.3) is 0 Å². The molecule has 1 amide bonds. The first kappa shape index (κ1) is 17.0. The van der Waals surface area contributed by atoms with Crippen LogP contribution in [0.5, 0.6) is 11.5 Å². The zero-order valence-corrected chi connectivity index (χ0v) is 14.5. The molecule has 0 saturated heterocycles. The fourth-order valence-corrected chi connectivity index (χ4v) is 2.25. The number of methoxy groups -OCH3 is 1. The topological polar surface area (TPSA) is 59.9 Å². The summed E-state index contributed by atoms with van der Waals surface area (Å²) in [6.45, 7) is 1.82. The predicted molar refractivity (Wildman–Crippen MR) is 93.1 cm³/mol. The first-order chi connectivity index (χ1) is 11.1. The maximum atomic E-state index is 11.7. The fourth-order valence-electron chi connectivity index (χ4n) is 1.87. The van der Waals surface area contributed by atoms with Crippen molar-refractivity contribution in [1.29, 1.82) is 0 Å². The van der Waals surface area contributed by atoms with E-state index in [4.69, 9.17) is 9.47 Å². The summed E-state index contributed by atoms with van der Waals surface area (Å²) in [5.74, 6) is 1.01. The largest absolute Gasteiger partial charge is 0.496 e. The van der Waals surface area contributed by atoms with Crippen molar-refractivity contribution in [1.82, 2.24) is 5.43 Å². The highest BCUT2D eigenvalue weighted by Gasteiger charge is 2.04. The molecule has 0 heterocycles. The van der Waals surface area contributed by atoms with E-state index in [0.29, 0.717) is 11.5 Å². The summed E-state index contributed by atoms with van der Waals surface area (Å²) in [5.41, 5.74) is 4.15. The molecule has 0 aliphatic carbocycles. The van der Waals surface area contributed by atoms with Gasteiger partial charge in [-0.2, -0.15) is 5.10 Å². The Hall–Kier alpha value is -2.34. The van der Waals surface area contributed by atoms with Gasteiger partial charge in [0, 0.05) is 10.0 Å². The second-order valence-corrected chi connectivity index (χ2v) is 5.65. The Labute approximate surface area is 143 Å². The minimum absolute atomic E-state index is 0.0994. The van der Waals surface area contributed by atoms with Crippen molar-refractivity contribution in [2.75, 3.05) is 13.7 Å². The first-order valence-electron chi connectivity index (χ1n) is 6.94. The van der Waals surface area contributed by atoms with Crippen LogP contribution in [-0.4, -0.2) is 25.8 Å². The lowest BCUT2D eigenvalue weighted by molar-refractivity contribution is -0.123. The molecule has 0 aliphatic rings. The van der Waals surface area contributed by atoms with E-state index in [1.54, 1.807) is 7.11 Å². The van der Waals surface area contributed by atoms with E-state index in [0.717, 1.165) is 15.6 Å². The molecule has 0 saturated carbocycles. The van der Waals surface area contributed by atoms with Crippen LogP contribution < -0.4 is 14.9 Å². The number of hydrogen-bond acceptors (Lipinski definition) is 4. The van der Waals surface area contributed by atoms with E-state index in [2.05, 4.69) is 26.5 Å². The Morgan fingerprint density at radius 2 is 2.04 bits per heavy atom. The van der Waals surface area contributed by atoms with E-state index >= 15 is 0 Å². The molecular weight excluding hydrogens is 360 g/mol. The van der Waals surface area contributed by atoms with Crippen molar-refractivity contribution in [3.8, 4) is 11.5 Å². The molecule has 23 heavy (non-hydrogen) atoms. The molecule has 0 spiro atoms. The zero-order chi connectivity index (χ0) is 16.7. The second kappa shape index (κ2) is 8.33. The quantitative estimate of drug-likeness (QED) is 0.621. The van der Waals surface area contributed by atoms with Crippen LogP contribution in [-0.2, 0) is 4.79 Å². The molecule has 0 aliphatic heterocycles. The monoisotopic (exact) mass is 376 g/mol. The molecule has 2 aromatic rings. The summed E-state index contributed by atoms with van der Waals surface area (Å²) in [7, 11) is 1.58. The number of aryl methyl sites for hydroxylation is 1. The SMILES string of the molecule is COc1ccc(Br)cc1C=NNC(=O)COc1ccccc1C. The highest BCUT2D eigenvalue weighted by atomic mass is 79.9. The van der Waals surface area contributed by atoms with Gasteiger partial charge in [-0.15, -0.1) is 0 Å². The number of halogens is 1. The maximum Gasteiger partial charge on any atom is 0.277 e. The molecule has 6 heteroatoms. The lowest BCUT2D eigenvalue weighted by atomic mass is 10.2. The average Bonchev–Trinajstić information content (AvgIpc) is 2.54. The van der Waals surface area contributed by atoms with Crippen LogP contribution >= 0.6 is 15.9 Å². The van der Waals surface area contributed by atoms with Gasteiger partial charge in [-0.1, -0.05) is 34.1 Å². The van der Waals surface area contributed by atoms with Gasteiger partial charge in [0.05, 0.1) is 13.3 Å². The van der Waals surface area contributed by atoms with Crippen molar-refractivity contribution in [3.63, 3.8) is 0 Å². The van der Waals surface area contributed by atoms with Gasteiger partial charge in [0.2, 0.25) is 0 Å². The minimum Gasteiger partial charge on any atom is -0.496 e. The van der Waals surface area contributed by atoms with E-state index in [-0.39, 0.29) is 12.5 Å². The number of benzene rings is 2. The summed E-state index contributed by atoms with van der Waals surface area (Å²) in [5, 5.41) is 3.92. The van der Waals surface area contributed by atoms with Crippen LogP contribution in [0.2, 0.25) is 0 Å². The predicted octanol–water partition coefficient (Wildman–Crippen LogP) is 3.30. The van der Waals surface area contributed by atoms with Crippen molar-refractivity contribution in [2.45, 2.75) is 6.92 Å². The van der Waals surface area contributed by atoms with Crippen molar-refractivity contribution in [3.05, 3.63) is 58.1 Å². The lowest BCUT2D eigenvalue weighted by Crippen LogP contribution is -2.24. The first-order valence-corrected chi connectivity index (χ1v) is 7.73. The number of amides is 1. The number of ether oxygens (including phenoxy) is 2. The van der Waals surface area contributed by atoms with Gasteiger partial charge in [-0.3, -0.25) is 4.79 Å². The highest BCUT2D eigenvalue weighted by molar-refractivity contribution is 9.10. The third-order valence-corrected chi connectivity index (χ3v) is 3.53. The Bertz CT molecular complexity index is 717. The molecule has 2 rings (SSSR count). The normalized spacial score (nSPS) is 10.6. The zero-order valence-electron chi connectivity index (χ0n) is 12.9. The number of carbonyl (C=O) groups excluding carboxylic acids is 1. The molecular formula is C17H17BrN2O3. The van der Waals surface area contributed by atoms with Gasteiger partial charge in [0.25, 0.3) is 5.91 Å². The number of rotatable bonds is 6. The molecule has 0 unspecified atom stereocenters. The van der Waals surface area contributed by atoms with Crippen molar-refractivity contribution >= 4 is 28.1 Å². The maximum absolute atomic E-state index is 11.7. The van der Waals surface area contributed by atoms with E-state index < -0.39 is 0 Å². The third-order valence-electron chi connectivity index (χ3n) is 3.04. The third kappa shape index (κ3) is 5.10. The Morgan fingerprint density at radius 1 is 1.26 bits per heavy atom. The van der Waals surface area contributed by atoms with Crippen LogP contribution in [0, 0.1) is 6.92 Å². The molecule has 0 bridgehead atoms. The second-order valence-electron chi connectivity index (χ2n) is 4.73. The van der Waals surface area contributed by atoms with Gasteiger partial charge < -0.3 is 9.47 Å². The van der Waals surface area contributed by atoms with E-state index in [9.17, 15) is 4.79 Å². The van der Waals surface area contributed by atoms with Gasteiger partial charge in [0.1, 0.15) is 11.5 Å². The Balaban J connectivity index is 1.89. The summed E-state index contributed by atoms with van der Waals surface area (Å²) >= 11 is 3.38. The summed E-state index contributed by atoms with van der Waals surface area (Å²) in [6.07, 6.45) is 1.52. The van der Waals surface area contributed by atoms with Crippen molar-refractivity contribution < 1.29 is 14.3 Å². The Kier molecular flexibility index (Phi) is 6.17. The van der Waals surface area contributed by atoms with E-state index in [1.165, 1.54) is 6.21 Å². The Morgan fingerprint density at radius 3 is 2.78 bits per heavy atom. The van der Waals surface area contributed by atoms with Gasteiger partial charge in [-0.25, -0.2) is 5.43 Å². The number of para-hydroxylation sites is 1. The molecule has 0 fully saturated rings. The number of hydrazone groups is 1. The molecule has 2 aromatic carbocycles. The molecule has 5 nitrogen and oxygen atoms in total. The lowest BCUT2D eigenvalue weighted by Gasteiger charge is -2.07. The van der Waals surface area contributed by atoms with Crippen LogP contribution in [0.3, 0.4) is 0 Å².